The molecule has 3 rings (SSSR count). The molecule has 2 aromatic carbocycles. The molecule has 1 aliphatic rings. The van der Waals surface area contributed by atoms with Crippen LogP contribution < -0.4 is 10.1 Å². The lowest BCUT2D eigenvalue weighted by molar-refractivity contribution is 0.0925. The zero-order valence-corrected chi connectivity index (χ0v) is 18.0. The number of para-hydroxylation sites is 1. The van der Waals surface area contributed by atoms with E-state index in [0.717, 1.165) is 29.7 Å². The van der Waals surface area contributed by atoms with Gasteiger partial charge in [-0.2, -0.15) is 4.31 Å². The van der Waals surface area contributed by atoms with E-state index in [0.29, 0.717) is 25.3 Å². The molecule has 1 N–H and O–H groups in total. The highest BCUT2D eigenvalue weighted by Crippen LogP contribution is 2.23. The minimum absolute atomic E-state index is 0.166. The van der Waals surface area contributed by atoms with E-state index >= 15 is 0 Å². The number of nitrogens with one attached hydrogen (secondary N) is 1. The van der Waals surface area contributed by atoms with Gasteiger partial charge in [0.1, 0.15) is 12.4 Å². The Morgan fingerprint density at radius 3 is 2.48 bits per heavy atom. The molecule has 0 bridgehead atoms. The van der Waals surface area contributed by atoms with Crippen LogP contribution in [0.1, 0.15) is 41.3 Å². The Morgan fingerprint density at radius 2 is 1.79 bits per heavy atom. The van der Waals surface area contributed by atoms with Crippen molar-refractivity contribution < 1.29 is 17.9 Å². The summed E-state index contributed by atoms with van der Waals surface area (Å²) in [6.07, 6.45) is 1.74. The molecule has 156 valence electrons. The average molecular weight is 417 g/mol. The Hall–Kier alpha value is -2.38. The van der Waals surface area contributed by atoms with Crippen molar-refractivity contribution in [2.45, 2.75) is 44.6 Å². The topological polar surface area (TPSA) is 75.7 Å². The highest BCUT2D eigenvalue weighted by atomic mass is 32.2. The smallest absolute Gasteiger partial charge is 0.251 e. The summed E-state index contributed by atoms with van der Waals surface area (Å²) in [6, 6.07) is 12.2. The first kappa shape index (κ1) is 21.3. The summed E-state index contributed by atoms with van der Waals surface area (Å²) in [4.78, 5) is 12.9. The number of rotatable bonds is 7. The van der Waals surface area contributed by atoms with Crippen molar-refractivity contribution >= 4 is 15.9 Å². The van der Waals surface area contributed by atoms with Gasteiger partial charge in [-0.3, -0.25) is 4.79 Å². The Kier molecular flexibility index (Phi) is 6.59. The van der Waals surface area contributed by atoms with Crippen molar-refractivity contribution in [2.24, 2.45) is 0 Å². The van der Waals surface area contributed by atoms with Crippen LogP contribution in [0.2, 0.25) is 0 Å². The molecule has 1 saturated heterocycles. The summed E-state index contributed by atoms with van der Waals surface area (Å²) in [5.74, 6) is 0.477. The van der Waals surface area contributed by atoms with Crippen LogP contribution in [0, 0.1) is 13.8 Å². The molecule has 0 aromatic heterocycles. The number of nitrogens with zero attached hydrogens (tertiary/aromatic N) is 1. The average Bonchev–Trinajstić information content (AvgIpc) is 3.23. The van der Waals surface area contributed by atoms with Crippen LogP contribution in [-0.4, -0.2) is 44.4 Å². The predicted octanol–water partition coefficient (Wildman–Crippen LogP) is 3.29. The van der Waals surface area contributed by atoms with Gasteiger partial charge in [0.2, 0.25) is 10.0 Å². The summed E-state index contributed by atoms with van der Waals surface area (Å²) >= 11 is 0. The molecule has 6 nitrogen and oxygen atoms in total. The van der Waals surface area contributed by atoms with Crippen molar-refractivity contribution in [3.8, 4) is 5.75 Å². The number of hydrogen-bond acceptors (Lipinski definition) is 4. The predicted molar refractivity (Wildman–Crippen MR) is 113 cm³/mol. The highest BCUT2D eigenvalue weighted by Gasteiger charge is 2.28. The molecule has 0 unspecified atom stereocenters. The van der Waals surface area contributed by atoms with E-state index in [2.05, 4.69) is 5.32 Å². The third-order valence-corrected chi connectivity index (χ3v) is 7.01. The van der Waals surface area contributed by atoms with E-state index in [1.165, 1.54) is 10.4 Å². The number of hydrogen-bond donors (Lipinski definition) is 1. The van der Waals surface area contributed by atoms with Crippen molar-refractivity contribution in [1.29, 1.82) is 0 Å². The van der Waals surface area contributed by atoms with Gasteiger partial charge in [0.25, 0.3) is 5.91 Å². The molecule has 0 aliphatic carbocycles. The van der Waals surface area contributed by atoms with Gasteiger partial charge < -0.3 is 10.1 Å². The van der Waals surface area contributed by atoms with E-state index in [1.807, 2.05) is 38.1 Å². The monoisotopic (exact) mass is 416 g/mol. The van der Waals surface area contributed by atoms with Crippen molar-refractivity contribution in [3.63, 3.8) is 0 Å². The number of sulfonamides is 1. The SMILES string of the molecule is Cc1ccccc1OC[C@@H](C)NC(=O)c1cc(S(=O)(=O)N2CCCC2)ccc1C. The van der Waals surface area contributed by atoms with Gasteiger partial charge in [-0.15, -0.1) is 0 Å². The number of carbonyl (C=O) groups excluding carboxylic acids is 1. The Balaban J connectivity index is 1.69. The van der Waals surface area contributed by atoms with Gasteiger partial charge >= 0.3 is 0 Å². The maximum atomic E-state index is 12.8. The van der Waals surface area contributed by atoms with Gasteiger partial charge in [0, 0.05) is 18.7 Å². The highest BCUT2D eigenvalue weighted by molar-refractivity contribution is 7.89. The first-order valence-corrected chi connectivity index (χ1v) is 11.3. The third kappa shape index (κ3) is 4.97. The molecule has 7 heteroatoms. The standard InChI is InChI=1S/C22H28N2O4S/c1-16-10-11-19(29(26,27)24-12-6-7-13-24)14-20(16)22(25)23-18(3)15-28-21-9-5-4-8-17(21)2/h4-5,8-11,14,18H,6-7,12-13,15H2,1-3H3,(H,23,25)/t18-/m1/s1. The molecule has 29 heavy (non-hydrogen) atoms. The minimum atomic E-state index is -3.56. The summed E-state index contributed by atoms with van der Waals surface area (Å²) in [6.45, 7) is 7.01. The number of amides is 1. The maximum absolute atomic E-state index is 12.8. The van der Waals surface area contributed by atoms with E-state index in [-0.39, 0.29) is 16.8 Å². The summed E-state index contributed by atoms with van der Waals surface area (Å²) in [5, 5.41) is 2.90. The number of ether oxygens (including phenoxy) is 1. The molecule has 1 aliphatic heterocycles. The van der Waals surface area contributed by atoms with E-state index in [9.17, 15) is 13.2 Å². The first-order valence-electron chi connectivity index (χ1n) is 9.89. The minimum Gasteiger partial charge on any atom is -0.491 e. The second-order valence-corrected chi connectivity index (χ2v) is 9.48. The fourth-order valence-corrected chi connectivity index (χ4v) is 4.90. The normalized spacial score (nSPS) is 15.8. The molecule has 2 aromatic rings. The Morgan fingerprint density at radius 1 is 1.10 bits per heavy atom. The molecule has 1 heterocycles. The lowest BCUT2D eigenvalue weighted by atomic mass is 10.1. The third-order valence-electron chi connectivity index (χ3n) is 5.12. The van der Waals surface area contributed by atoms with Crippen LogP contribution in [0.5, 0.6) is 5.75 Å². The second-order valence-electron chi connectivity index (χ2n) is 7.54. The van der Waals surface area contributed by atoms with Gasteiger partial charge in [-0.05, 0) is 62.9 Å². The zero-order valence-electron chi connectivity index (χ0n) is 17.1. The molecule has 1 atom stereocenters. The van der Waals surface area contributed by atoms with Crippen LogP contribution in [0.25, 0.3) is 0 Å². The van der Waals surface area contributed by atoms with Gasteiger partial charge in [0.15, 0.2) is 0 Å². The van der Waals surface area contributed by atoms with Gasteiger partial charge in [0.05, 0.1) is 10.9 Å². The second kappa shape index (κ2) is 8.97. The van der Waals surface area contributed by atoms with Crippen LogP contribution in [0.15, 0.2) is 47.4 Å². The maximum Gasteiger partial charge on any atom is 0.251 e. The largest absolute Gasteiger partial charge is 0.491 e. The fraction of sp³-hybridized carbons (Fsp3) is 0.409. The quantitative estimate of drug-likeness (QED) is 0.752. The number of aryl methyl sites for hydroxylation is 2. The lowest BCUT2D eigenvalue weighted by Gasteiger charge is -2.19. The van der Waals surface area contributed by atoms with Crippen LogP contribution in [0.3, 0.4) is 0 Å². The number of benzene rings is 2. The fourth-order valence-electron chi connectivity index (χ4n) is 3.36. The van der Waals surface area contributed by atoms with Crippen LogP contribution >= 0.6 is 0 Å². The molecule has 1 fully saturated rings. The van der Waals surface area contributed by atoms with Crippen molar-refractivity contribution in [3.05, 3.63) is 59.2 Å². The molecule has 0 spiro atoms. The van der Waals surface area contributed by atoms with Gasteiger partial charge in [-0.1, -0.05) is 24.3 Å². The Bertz CT molecular complexity index is 982. The van der Waals surface area contributed by atoms with E-state index < -0.39 is 10.0 Å². The molecular weight excluding hydrogens is 388 g/mol. The first-order chi connectivity index (χ1) is 13.8. The molecule has 0 saturated carbocycles. The van der Waals surface area contributed by atoms with E-state index in [4.69, 9.17) is 4.74 Å². The van der Waals surface area contributed by atoms with Gasteiger partial charge in [-0.25, -0.2) is 8.42 Å². The Labute approximate surface area is 172 Å². The lowest BCUT2D eigenvalue weighted by Crippen LogP contribution is -2.37. The van der Waals surface area contributed by atoms with E-state index in [1.54, 1.807) is 19.1 Å². The molecule has 0 radical (unpaired) electrons. The van der Waals surface area contributed by atoms with Crippen molar-refractivity contribution in [2.75, 3.05) is 19.7 Å². The number of carbonyl (C=O) groups is 1. The molecule has 1 amide bonds. The van der Waals surface area contributed by atoms with Crippen LogP contribution in [-0.2, 0) is 10.0 Å². The van der Waals surface area contributed by atoms with Crippen LogP contribution in [0.4, 0.5) is 0 Å². The van der Waals surface area contributed by atoms with Crippen molar-refractivity contribution in [1.82, 2.24) is 9.62 Å². The summed E-state index contributed by atoms with van der Waals surface area (Å²) in [5.41, 5.74) is 2.13. The summed E-state index contributed by atoms with van der Waals surface area (Å²) < 4.78 is 32.9. The molecular formula is C22H28N2O4S. The summed E-state index contributed by atoms with van der Waals surface area (Å²) in [7, 11) is -3.56. The zero-order chi connectivity index (χ0) is 21.0.